The van der Waals surface area contributed by atoms with Gasteiger partial charge in [0.25, 0.3) is 0 Å². The van der Waals surface area contributed by atoms with Gasteiger partial charge in [0.1, 0.15) is 5.82 Å². The SMILES string of the molecule is Cl.Nc1cccc(CN2CCCN(C(=O)Cc3cccc(F)c3)CC2)c1. The maximum atomic E-state index is 13.3. The molecule has 1 heterocycles. The third-order valence-corrected chi connectivity index (χ3v) is 4.54. The molecule has 2 N–H and O–H groups in total. The zero-order valence-corrected chi connectivity index (χ0v) is 15.6. The molecule has 0 saturated carbocycles. The van der Waals surface area contributed by atoms with Gasteiger partial charge in [-0.2, -0.15) is 0 Å². The van der Waals surface area contributed by atoms with E-state index in [0.29, 0.717) is 6.54 Å². The van der Waals surface area contributed by atoms with Crippen LogP contribution in [-0.2, 0) is 17.8 Å². The average molecular weight is 378 g/mol. The number of hydrogen-bond donors (Lipinski definition) is 1. The zero-order chi connectivity index (χ0) is 17.6. The molecule has 6 heteroatoms. The number of benzene rings is 2. The number of anilines is 1. The van der Waals surface area contributed by atoms with Gasteiger partial charge in [0, 0.05) is 38.4 Å². The van der Waals surface area contributed by atoms with Crippen molar-refractivity contribution in [2.75, 3.05) is 31.9 Å². The highest BCUT2D eigenvalue weighted by Crippen LogP contribution is 2.13. The predicted molar refractivity (Wildman–Crippen MR) is 105 cm³/mol. The molecule has 1 aliphatic rings. The summed E-state index contributed by atoms with van der Waals surface area (Å²) in [7, 11) is 0. The molecule has 1 fully saturated rings. The topological polar surface area (TPSA) is 49.6 Å². The van der Waals surface area contributed by atoms with Gasteiger partial charge in [-0.1, -0.05) is 24.3 Å². The lowest BCUT2D eigenvalue weighted by molar-refractivity contribution is -0.130. The van der Waals surface area contributed by atoms with Crippen LogP contribution in [-0.4, -0.2) is 41.9 Å². The molecule has 0 atom stereocenters. The van der Waals surface area contributed by atoms with Crippen molar-refractivity contribution in [2.24, 2.45) is 0 Å². The molecule has 0 spiro atoms. The summed E-state index contributed by atoms with van der Waals surface area (Å²) in [5.41, 5.74) is 8.54. The minimum Gasteiger partial charge on any atom is -0.399 e. The highest BCUT2D eigenvalue weighted by Gasteiger charge is 2.19. The van der Waals surface area contributed by atoms with Crippen LogP contribution in [0.15, 0.2) is 48.5 Å². The molecule has 0 aromatic heterocycles. The van der Waals surface area contributed by atoms with E-state index in [1.54, 1.807) is 12.1 Å². The molecule has 3 rings (SSSR count). The fraction of sp³-hybridized carbons (Fsp3) is 0.350. The quantitative estimate of drug-likeness (QED) is 0.833. The highest BCUT2D eigenvalue weighted by molar-refractivity contribution is 5.85. The second kappa shape index (κ2) is 9.55. The van der Waals surface area contributed by atoms with Crippen LogP contribution in [0.5, 0.6) is 0 Å². The van der Waals surface area contributed by atoms with Crippen molar-refractivity contribution < 1.29 is 9.18 Å². The van der Waals surface area contributed by atoms with Crippen molar-refractivity contribution in [3.05, 3.63) is 65.5 Å². The Kier molecular flexibility index (Phi) is 7.42. The van der Waals surface area contributed by atoms with Crippen LogP contribution in [0.4, 0.5) is 10.1 Å². The van der Waals surface area contributed by atoms with Gasteiger partial charge in [-0.3, -0.25) is 9.69 Å². The van der Waals surface area contributed by atoms with E-state index in [4.69, 9.17) is 5.73 Å². The van der Waals surface area contributed by atoms with Gasteiger partial charge in [-0.15, -0.1) is 12.4 Å². The van der Waals surface area contributed by atoms with Gasteiger partial charge in [-0.05, 0) is 41.8 Å². The van der Waals surface area contributed by atoms with Crippen molar-refractivity contribution >= 4 is 24.0 Å². The fourth-order valence-electron chi connectivity index (χ4n) is 3.26. The molecular formula is C20H25ClFN3O. The molecule has 1 amide bonds. The second-order valence-electron chi connectivity index (χ2n) is 6.56. The predicted octanol–water partition coefficient (Wildman–Crippen LogP) is 3.11. The first-order valence-corrected chi connectivity index (χ1v) is 8.69. The van der Waals surface area contributed by atoms with Crippen LogP contribution in [0.25, 0.3) is 0 Å². The molecule has 2 aromatic carbocycles. The highest BCUT2D eigenvalue weighted by atomic mass is 35.5. The lowest BCUT2D eigenvalue weighted by atomic mass is 10.1. The fourth-order valence-corrected chi connectivity index (χ4v) is 3.26. The van der Waals surface area contributed by atoms with Gasteiger partial charge in [0.05, 0.1) is 6.42 Å². The lowest BCUT2D eigenvalue weighted by Crippen LogP contribution is -2.36. The second-order valence-corrected chi connectivity index (χ2v) is 6.56. The first-order chi connectivity index (χ1) is 12.1. The van der Waals surface area contributed by atoms with Crippen molar-refractivity contribution in [3.8, 4) is 0 Å². The molecule has 1 saturated heterocycles. The van der Waals surface area contributed by atoms with E-state index < -0.39 is 0 Å². The average Bonchev–Trinajstić information content (AvgIpc) is 2.80. The maximum Gasteiger partial charge on any atom is 0.227 e. The molecule has 1 aliphatic heterocycles. The third-order valence-electron chi connectivity index (χ3n) is 4.54. The van der Waals surface area contributed by atoms with Crippen LogP contribution in [0.2, 0.25) is 0 Å². The van der Waals surface area contributed by atoms with E-state index in [0.717, 1.165) is 43.9 Å². The standard InChI is InChI=1S/C20H24FN3O.ClH/c21-18-6-1-4-16(12-18)14-20(25)24-9-3-8-23(10-11-24)15-17-5-2-7-19(22)13-17;/h1-2,4-7,12-13H,3,8-11,14-15,22H2;1H. The summed E-state index contributed by atoms with van der Waals surface area (Å²) in [5.74, 6) is -0.231. The summed E-state index contributed by atoms with van der Waals surface area (Å²) in [5, 5.41) is 0. The van der Waals surface area contributed by atoms with Crippen molar-refractivity contribution in [1.82, 2.24) is 9.80 Å². The number of nitrogens with zero attached hydrogens (tertiary/aromatic N) is 2. The Morgan fingerprint density at radius 1 is 1.00 bits per heavy atom. The Bertz CT molecular complexity index is 741. The summed E-state index contributed by atoms with van der Waals surface area (Å²) < 4.78 is 13.3. The number of nitrogens with two attached hydrogens (primary N) is 1. The minimum absolute atomic E-state index is 0. The summed E-state index contributed by atoms with van der Waals surface area (Å²) in [4.78, 5) is 16.8. The van der Waals surface area contributed by atoms with Crippen LogP contribution in [0.3, 0.4) is 0 Å². The van der Waals surface area contributed by atoms with Crippen LogP contribution in [0, 0.1) is 5.82 Å². The summed E-state index contributed by atoms with van der Waals surface area (Å²) >= 11 is 0. The molecule has 140 valence electrons. The van der Waals surface area contributed by atoms with E-state index in [9.17, 15) is 9.18 Å². The molecule has 0 aliphatic carbocycles. The van der Waals surface area contributed by atoms with Crippen LogP contribution in [0.1, 0.15) is 17.5 Å². The Labute approximate surface area is 160 Å². The van der Waals surface area contributed by atoms with Gasteiger partial charge in [-0.25, -0.2) is 4.39 Å². The Morgan fingerprint density at radius 3 is 2.54 bits per heavy atom. The van der Waals surface area contributed by atoms with Crippen LogP contribution < -0.4 is 5.73 Å². The zero-order valence-electron chi connectivity index (χ0n) is 14.7. The molecule has 2 aromatic rings. The first-order valence-electron chi connectivity index (χ1n) is 8.69. The Balaban J connectivity index is 0.00000243. The number of amides is 1. The Morgan fingerprint density at radius 2 is 1.77 bits per heavy atom. The maximum absolute atomic E-state index is 13.3. The van der Waals surface area contributed by atoms with E-state index in [2.05, 4.69) is 11.0 Å². The molecule has 26 heavy (non-hydrogen) atoms. The number of hydrogen-bond acceptors (Lipinski definition) is 3. The van der Waals surface area contributed by atoms with E-state index >= 15 is 0 Å². The minimum atomic E-state index is -0.297. The summed E-state index contributed by atoms with van der Waals surface area (Å²) in [6.45, 7) is 4.09. The molecule has 0 unspecified atom stereocenters. The normalized spacial score (nSPS) is 15.2. The van der Waals surface area contributed by atoms with Crippen molar-refractivity contribution in [1.29, 1.82) is 0 Å². The Hall–Kier alpha value is -2.11. The van der Waals surface area contributed by atoms with E-state index in [-0.39, 0.29) is 30.6 Å². The summed E-state index contributed by atoms with van der Waals surface area (Å²) in [6.07, 6.45) is 1.20. The first kappa shape index (κ1) is 20.2. The molecule has 4 nitrogen and oxygen atoms in total. The van der Waals surface area contributed by atoms with Gasteiger partial charge in [0.15, 0.2) is 0 Å². The number of halogens is 2. The molecule has 0 radical (unpaired) electrons. The number of carbonyl (C=O) groups is 1. The van der Waals surface area contributed by atoms with Gasteiger partial charge < -0.3 is 10.6 Å². The van der Waals surface area contributed by atoms with Gasteiger partial charge >= 0.3 is 0 Å². The number of carbonyl (C=O) groups excluding carboxylic acids is 1. The van der Waals surface area contributed by atoms with E-state index in [1.807, 2.05) is 23.1 Å². The van der Waals surface area contributed by atoms with Gasteiger partial charge in [0.2, 0.25) is 5.91 Å². The van der Waals surface area contributed by atoms with Crippen molar-refractivity contribution in [3.63, 3.8) is 0 Å². The van der Waals surface area contributed by atoms with Crippen molar-refractivity contribution in [2.45, 2.75) is 19.4 Å². The monoisotopic (exact) mass is 377 g/mol. The van der Waals surface area contributed by atoms with Crippen LogP contribution >= 0.6 is 12.4 Å². The third kappa shape index (κ3) is 5.71. The largest absolute Gasteiger partial charge is 0.399 e. The number of nitrogen functional groups attached to an aromatic ring is 1. The molecule has 0 bridgehead atoms. The lowest BCUT2D eigenvalue weighted by Gasteiger charge is -2.22. The molecular weight excluding hydrogens is 353 g/mol. The smallest absolute Gasteiger partial charge is 0.227 e. The van der Waals surface area contributed by atoms with E-state index in [1.165, 1.54) is 17.7 Å². The summed E-state index contributed by atoms with van der Waals surface area (Å²) in [6, 6.07) is 14.2. The number of rotatable bonds is 4.